The lowest BCUT2D eigenvalue weighted by Crippen LogP contribution is -2.69. The standard InChI is InChI=1S/C96H162N4O37/c1-48-30-35-96(37-36-94(6)51(62(96)49(48)2)28-29-60-93(5)33-32-61(101)92(3,4)59(93)31-34-95(60,94)7)91(102)97-38-50-39-100(99-98-50)47-123-76-69-58(46-109-14)130-90(83(76)122-27)136-68-57(45-108-13)128-88(81(120-25)75(68)115-20)134-66-55(43-106-11)126-86(79(118-23)73(66)113-18)132-64-53(41-104-9)124-84(77(116-21)71(64)111-16)131-63-52(40-103-8)125-85(78(117-22)70(63)110-15)133-65-54(42-105-10)127-87(80(119-24)72(65)112-17)135-67-56(44-107-12)129-89(137-69)82(121-26)74(67)114-19/h28,39,48-49,52-90,101H,29-38,40-47H2,1-27H3,(H,97,102)/t48-,49+,52-,53-,54-,55-,56-,57-,58-,59?,60?,61+,62?,63-,64-,65-,66-,67-,68-,69-,70+,71+,72+,73+,74+,75+,76+,77-,78-,79-,80-,81-,82-,83-,84-,85-,86-,87-,88-,89-,90-,93+,94-,95-,96+/m1/s1. The predicted molar refractivity (Wildman–Crippen MR) is 480 cm³/mol. The molecule has 1 amide bonds. The van der Waals surface area contributed by atoms with Gasteiger partial charge in [0.2, 0.25) is 5.91 Å². The number of hydrogen-bond donors (Lipinski definition) is 2. The third kappa shape index (κ3) is 20.9. The SMILES string of the molecule is COC[C@H]1O[C@@H]2O[C@H]3[C@H](OC)[C@@H](OC)[C@@H](O[C@H]4[C@H](OC)[C@@H](OC)[C@@H](O[C@H]5[C@H](OC)[C@@H](OC)[C@@H](O[C@H]6[C@H](OCn7cc(CNC(=O)[C@]89CC[C@@H](C)[C@H](C)C8C8=CCC%10[C@@]%11(C)CC[C@H](O)C(C)(C)C%11CC[C@@]%10(C)[C@]8(C)CC9)nn7)[C@@H](OC)[C@@H](O[C@H]7[C@H](OC)[C@@H](OC)[C@@H](O[C@H]8[C@H](OC)[C@@H](OC)[C@@H](O[C@H]1[C@H](OC)[C@H]2OC)O[C@@H]8COC)O[C@@H]7COC)O[C@@H]6COC)O[C@@H]5COC)O[C@@H]4COC)O[C@@H]3COC. The number of amides is 1. The molecule has 14 bridgehead atoms. The molecule has 788 valence electrons. The molecule has 0 spiro atoms. The van der Waals surface area contributed by atoms with E-state index in [1.807, 2.05) is 0 Å². The van der Waals surface area contributed by atoms with Crippen molar-refractivity contribution in [1.29, 1.82) is 0 Å². The Morgan fingerprint density at radius 3 is 1.01 bits per heavy atom. The number of aromatic nitrogens is 3. The molecule has 2 N–H and O–H groups in total. The van der Waals surface area contributed by atoms with Crippen molar-refractivity contribution in [2.45, 2.75) is 341 Å². The molecule has 27 rings (SSSR count). The third-order valence-corrected chi connectivity index (χ3v) is 33.9. The maximum absolute atomic E-state index is 15.8. The van der Waals surface area contributed by atoms with Crippen LogP contribution in [0.2, 0.25) is 0 Å². The molecule has 45 atom stereocenters. The highest BCUT2D eigenvalue weighted by Crippen LogP contribution is 2.76. The Labute approximate surface area is 807 Å². The minimum atomic E-state index is -1.39. The number of nitrogens with zero attached hydrogens (tertiary/aromatic N) is 3. The van der Waals surface area contributed by atoms with Crippen molar-refractivity contribution in [2.24, 2.45) is 56.7 Å². The minimum absolute atomic E-state index is 0.0131. The molecule has 5 aliphatic carbocycles. The van der Waals surface area contributed by atoms with E-state index in [1.165, 1.54) is 148 Å². The smallest absolute Gasteiger partial charge is 0.227 e. The first-order valence-corrected chi connectivity index (χ1v) is 48.7. The van der Waals surface area contributed by atoms with Crippen LogP contribution >= 0.6 is 0 Å². The molecule has 25 fully saturated rings. The molecule has 22 heterocycles. The molecule has 0 radical (unpaired) electrons. The fraction of sp³-hybridized carbons (Fsp3) is 0.948. The quantitative estimate of drug-likeness (QED) is 0.0896. The topological polar surface area (TPSA) is 403 Å². The maximum atomic E-state index is 15.8. The van der Waals surface area contributed by atoms with Crippen LogP contribution in [0.15, 0.2) is 17.8 Å². The van der Waals surface area contributed by atoms with Gasteiger partial charge in [-0.2, -0.15) is 0 Å². The molecule has 0 aromatic carbocycles. The monoisotopic (exact) mass is 1960 g/mol. The summed E-state index contributed by atoms with van der Waals surface area (Å²) in [5.74, 6) is 1.63. The predicted octanol–water partition coefficient (Wildman–Crippen LogP) is 4.76. The fourth-order valence-electron chi connectivity index (χ4n) is 26.6. The Morgan fingerprint density at radius 1 is 0.387 bits per heavy atom. The molecule has 41 nitrogen and oxygen atoms in total. The van der Waals surface area contributed by atoms with Crippen LogP contribution in [-0.2, 0) is 184 Å². The fourth-order valence-corrected chi connectivity index (χ4v) is 26.6. The van der Waals surface area contributed by atoms with Crippen LogP contribution in [0.4, 0.5) is 0 Å². The Bertz CT molecular complexity index is 3890. The lowest BCUT2D eigenvalue weighted by Gasteiger charge is -2.71. The summed E-state index contributed by atoms with van der Waals surface area (Å²) < 4.78 is 234. The maximum Gasteiger partial charge on any atom is 0.227 e. The first-order valence-electron chi connectivity index (χ1n) is 48.7. The number of aliphatic hydroxyl groups excluding tert-OH is 1. The number of fused-ring (bicyclic) bond motifs is 7. The molecule has 21 aliphatic heterocycles. The van der Waals surface area contributed by atoms with Gasteiger partial charge in [-0.3, -0.25) is 4.79 Å². The number of rotatable bonds is 33. The molecular formula is C96H162N4O37. The number of hydrogen-bond acceptors (Lipinski definition) is 39. The highest BCUT2D eigenvalue weighted by molar-refractivity contribution is 5.84. The number of carbonyl (C=O) groups excluding carboxylic acids is 1. The molecule has 1 aromatic heterocycles. The zero-order chi connectivity index (χ0) is 98.5. The van der Waals surface area contributed by atoms with Crippen LogP contribution < -0.4 is 5.32 Å². The summed E-state index contributed by atoms with van der Waals surface area (Å²) >= 11 is 0. The average molecular weight is 1960 g/mol. The second-order valence-corrected chi connectivity index (χ2v) is 40.7. The summed E-state index contributed by atoms with van der Waals surface area (Å²) in [5, 5.41) is 24.3. The molecule has 21 saturated heterocycles. The van der Waals surface area contributed by atoms with Crippen LogP contribution in [0.5, 0.6) is 0 Å². The number of carbonyl (C=O) groups is 1. The van der Waals surface area contributed by atoms with Crippen molar-refractivity contribution in [3.8, 4) is 0 Å². The van der Waals surface area contributed by atoms with E-state index < -0.39 is 220 Å². The van der Waals surface area contributed by atoms with Gasteiger partial charge in [-0.25, -0.2) is 4.68 Å². The van der Waals surface area contributed by atoms with Crippen molar-refractivity contribution in [1.82, 2.24) is 20.3 Å². The van der Waals surface area contributed by atoms with E-state index in [1.54, 1.807) is 10.9 Å². The van der Waals surface area contributed by atoms with Crippen molar-refractivity contribution in [3.63, 3.8) is 0 Å². The van der Waals surface area contributed by atoms with Gasteiger partial charge < -0.3 is 176 Å². The van der Waals surface area contributed by atoms with E-state index >= 15 is 4.79 Å². The Hall–Kier alpha value is -3.09. The second-order valence-electron chi connectivity index (χ2n) is 40.7. The number of nitrogens with one attached hydrogen (secondary N) is 1. The normalized spacial score (nSPS) is 46.9. The number of allylic oxidation sites excluding steroid dienone is 2. The number of ether oxygens (including phenoxy) is 35. The minimum Gasteiger partial charge on any atom is -0.393 e. The molecule has 26 aliphatic rings. The van der Waals surface area contributed by atoms with E-state index in [2.05, 4.69) is 70.2 Å². The lowest BCUT2D eigenvalue weighted by atomic mass is 9.33. The summed E-state index contributed by atoms with van der Waals surface area (Å²) in [7, 11) is 30.2. The van der Waals surface area contributed by atoms with Crippen LogP contribution in [0.25, 0.3) is 0 Å². The summed E-state index contributed by atoms with van der Waals surface area (Å²) in [4.78, 5) is 15.8. The summed E-state index contributed by atoms with van der Waals surface area (Å²) in [6.07, 6.45) is -26.4. The Morgan fingerprint density at radius 2 is 0.701 bits per heavy atom. The molecule has 1 aromatic rings. The van der Waals surface area contributed by atoms with Crippen molar-refractivity contribution >= 4 is 5.91 Å². The zero-order valence-electron chi connectivity index (χ0n) is 85.5. The summed E-state index contributed by atoms with van der Waals surface area (Å²) in [6, 6.07) is 0. The highest BCUT2D eigenvalue weighted by Gasteiger charge is 2.71. The van der Waals surface area contributed by atoms with E-state index in [4.69, 9.17) is 166 Å². The number of aliphatic hydroxyl groups is 1. The Kier molecular flexibility index (Phi) is 38.3. The highest BCUT2D eigenvalue weighted by atomic mass is 16.8. The van der Waals surface area contributed by atoms with Crippen molar-refractivity contribution in [2.75, 3.05) is 188 Å². The molecule has 41 heteroatoms. The number of methoxy groups -OCH3 is 20. The zero-order valence-corrected chi connectivity index (χ0v) is 85.5. The third-order valence-electron chi connectivity index (χ3n) is 33.9. The van der Waals surface area contributed by atoms with Crippen LogP contribution in [-0.4, -0.2) is 435 Å². The first-order chi connectivity index (χ1) is 66.0. The Balaban J connectivity index is 0.807. The van der Waals surface area contributed by atoms with Gasteiger partial charge in [-0.15, -0.1) is 5.10 Å². The van der Waals surface area contributed by atoms with Gasteiger partial charge in [0, 0.05) is 142 Å². The summed E-state index contributed by atoms with van der Waals surface area (Å²) in [5.41, 5.74) is 1.14. The van der Waals surface area contributed by atoms with Crippen molar-refractivity contribution in [3.05, 3.63) is 23.5 Å². The first kappa shape index (κ1) is 110. The molecule has 137 heavy (non-hydrogen) atoms. The molecule has 4 saturated carbocycles. The van der Waals surface area contributed by atoms with Crippen LogP contribution in [0.1, 0.15) is 112 Å². The van der Waals surface area contributed by atoms with E-state index in [0.717, 1.165) is 57.8 Å². The lowest BCUT2D eigenvalue weighted by molar-refractivity contribution is -0.404. The molecule has 3 unspecified atom stereocenters. The van der Waals surface area contributed by atoms with Gasteiger partial charge >= 0.3 is 0 Å². The second kappa shape index (κ2) is 47.8. The average Bonchev–Trinajstić information content (AvgIpc) is 1.40. The van der Waals surface area contributed by atoms with E-state index in [-0.39, 0.29) is 105 Å². The van der Waals surface area contributed by atoms with Crippen molar-refractivity contribution < 1.29 is 176 Å². The van der Waals surface area contributed by atoms with Gasteiger partial charge in [0.15, 0.2) is 44.0 Å². The molecular weight excluding hydrogens is 1800 g/mol. The van der Waals surface area contributed by atoms with Crippen LogP contribution in [0, 0.1) is 56.7 Å². The van der Waals surface area contributed by atoms with Crippen LogP contribution in [0.3, 0.4) is 0 Å². The summed E-state index contributed by atoms with van der Waals surface area (Å²) in [6.45, 7) is 16.2. The van der Waals surface area contributed by atoms with Gasteiger partial charge in [0.25, 0.3) is 0 Å². The van der Waals surface area contributed by atoms with E-state index in [0.29, 0.717) is 23.4 Å². The van der Waals surface area contributed by atoms with Gasteiger partial charge in [-0.05, 0) is 109 Å². The van der Waals surface area contributed by atoms with E-state index in [9.17, 15) is 5.11 Å². The largest absolute Gasteiger partial charge is 0.393 e. The van der Waals surface area contributed by atoms with Gasteiger partial charge in [-0.1, -0.05) is 65.3 Å². The van der Waals surface area contributed by atoms with Gasteiger partial charge in [0.1, 0.15) is 183 Å². The van der Waals surface area contributed by atoms with Gasteiger partial charge in [0.05, 0.1) is 70.5 Å².